The van der Waals surface area contributed by atoms with Crippen molar-refractivity contribution in [1.29, 1.82) is 0 Å². The van der Waals surface area contributed by atoms with Crippen LogP contribution in [0.15, 0.2) is 28.3 Å². The molecule has 1 aliphatic heterocycles. The summed E-state index contributed by atoms with van der Waals surface area (Å²) in [5, 5.41) is -0.184. The molecule has 3 nitrogen and oxygen atoms in total. The van der Waals surface area contributed by atoms with Gasteiger partial charge in [-0.2, -0.15) is 0 Å². The van der Waals surface area contributed by atoms with E-state index in [1.54, 1.807) is 6.07 Å². The smallest absolute Gasteiger partial charge is 0.240 e. The summed E-state index contributed by atoms with van der Waals surface area (Å²) >= 11 is 38.8. The van der Waals surface area contributed by atoms with Crippen LogP contribution in [0.1, 0.15) is 11.1 Å². The molecule has 1 saturated carbocycles. The molecule has 0 aromatic heterocycles. The predicted octanol–water partition coefficient (Wildman–Crippen LogP) is 5.25. The lowest BCUT2D eigenvalue weighted by Gasteiger charge is -2.34. The molecule has 0 unspecified atom stereocenters. The molecular formula is C17H11Cl6NO2. The van der Waals surface area contributed by atoms with Gasteiger partial charge in [-0.15, -0.1) is 23.2 Å². The normalized spacial score (nSPS) is 37.8. The Hall–Kier alpha value is -0.160. The van der Waals surface area contributed by atoms with Crippen molar-refractivity contribution in [2.45, 2.75) is 27.9 Å². The first-order chi connectivity index (χ1) is 11.9. The van der Waals surface area contributed by atoms with Crippen LogP contribution < -0.4 is 4.90 Å². The minimum Gasteiger partial charge on any atom is -0.274 e. The first-order valence-electron chi connectivity index (χ1n) is 7.69. The number of benzene rings is 1. The third kappa shape index (κ3) is 1.81. The molecule has 1 aromatic carbocycles. The van der Waals surface area contributed by atoms with Crippen molar-refractivity contribution < 1.29 is 9.59 Å². The number of hydrogen-bond acceptors (Lipinski definition) is 2. The molecule has 0 N–H and O–H groups in total. The first kappa shape index (κ1) is 19.2. The molecule has 2 fully saturated rings. The average Bonchev–Trinajstić information content (AvgIpc) is 2.93. The highest BCUT2D eigenvalue weighted by molar-refractivity contribution is 6.67. The molecule has 9 heteroatoms. The van der Waals surface area contributed by atoms with E-state index in [9.17, 15) is 9.59 Å². The summed E-state index contributed by atoms with van der Waals surface area (Å²) in [4.78, 5) is 24.0. The second-order valence-electron chi connectivity index (χ2n) is 6.88. The number of carbonyl (C=O) groups is 2. The van der Waals surface area contributed by atoms with Gasteiger partial charge in [0.15, 0.2) is 4.33 Å². The highest BCUT2D eigenvalue weighted by Crippen LogP contribution is 2.77. The fourth-order valence-electron chi connectivity index (χ4n) is 4.29. The van der Waals surface area contributed by atoms with Crippen molar-refractivity contribution in [3.05, 3.63) is 39.4 Å². The molecule has 3 aliphatic rings. The maximum absolute atomic E-state index is 13.2. The number of fused-ring (bicyclic) bond motifs is 5. The van der Waals surface area contributed by atoms with E-state index in [1.807, 2.05) is 26.0 Å². The van der Waals surface area contributed by atoms with Crippen molar-refractivity contribution in [1.82, 2.24) is 0 Å². The maximum atomic E-state index is 13.2. The summed E-state index contributed by atoms with van der Waals surface area (Å²) in [5.41, 5.74) is 2.22. The van der Waals surface area contributed by atoms with Gasteiger partial charge in [-0.25, -0.2) is 4.90 Å². The fraction of sp³-hybridized carbons (Fsp3) is 0.412. The van der Waals surface area contributed by atoms with E-state index in [2.05, 4.69) is 0 Å². The Bertz CT molecular complexity index is 882. The van der Waals surface area contributed by atoms with E-state index in [4.69, 9.17) is 69.6 Å². The zero-order valence-corrected chi connectivity index (χ0v) is 18.0. The van der Waals surface area contributed by atoms with Gasteiger partial charge >= 0.3 is 0 Å². The molecule has 1 saturated heterocycles. The number of rotatable bonds is 1. The van der Waals surface area contributed by atoms with Crippen molar-refractivity contribution in [3.63, 3.8) is 0 Å². The third-order valence-electron chi connectivity index (χ3n) is 5.50. The molecule has 4 atom stereocenters. The van der Waals surface area contributed by atoms with Crippen LogP contribution in [0.25, 0.3) is 0 Å². The number of amides is 2. The monoisotopic (exact) mass is 471 g/mol. The molecule has 4 rings (SSSR count). The Morgan fingerprint density at radius 3 is 1.77 bits per heavy atom. The van der Waals surface area contributed by atoms with E-state index in [0.717, 1.165) is 16.0 Å². The fourth-order valence-corrected chi connectivity index (χ4v) is 7.22. The predicted molar refractivity (Wildman–Crippen MR) is 106 cm³/mol. The summed E-state index contributed by atoms with van der Waals surface area (Å²) < 4.78 is -1.91. The van der Waals surface area contributed by atoms with E-state index in [-0.39, 0.29) is 10.1 Å². The van der Waals surface area contributed by atoms with Crippen LogP contribution in [0.4, 0.5) is 5.69 Å². The summed E-state index contributed by atoms with van der Waals surface area (Å²) in [5.74, 6) is -3.31. The van der Waals surface area contributed by atoms with E-state index >= 15 is 0 Å². The van der Waals surface area contributed by atoms with Crippen LogP contribution in [0.5, 0.6) is 0 Å². The summed E-state index contributed by atoms with van der Waals surface area (Å²) in [6, 6.07) is 5.39. The molecule has 138 valence electrons. The van der Waals surface area contributed by atoms with Gasteiger partial charge in [0, 0.05) is 0 Å². The van der Waals surface area contributed by atoms with Gasteiger partial charge < -0.3 is 0 Å². The zero-order chi connectivity index (χ0) is 19.4. The van der Waals surface area contributed by atoms with Gasteiger partial charge in [-0.05, 0) is 25.5 Å². The number of nitrogens with zero attached hydrogens (tertiary/aromatic N) is 1. The molecule has 2 aliphatic carbocycles. The highest BCUT2D eigenvalue weighted by atomic mass is 35.5. The van der Waals surface area contributed by atoms with Gasteiger partial charge in [-0.1, -0.05) is 64.1 Å². The minimum absolute atomic E-state index is 0.0919. The zero-order valence-electron chi connectivity index (χ0n) is 13.4. The summed E-state index contributed by atoms with van der Waals surface area (Å²) in [6.07, 6.45) is 0. The number of allylic oxidation sites excluding steroid dienone is 2. The Morgan fingerprint density at radius 1 is 0.885 bits per heavy atom. The number of alkyl halides is 4. The summed E-state index contributed by atoms with van der Waals surface area (Å²) in [6.45, 7) is 3.73. The second kappa shape index (κ2) is 5.46. The van der Waals surface area contributed by atoms with Crippen LogP contribution in [-0.2, 0) is 9.59 Å². The van der Waals surface area contributed by atoms with E-state index < -0.39 is 37.7 Å². The molecule has 1 aromatic rings. The molecule has 0 spiro atoms. The third-order valence-corrected chi connectivity index (χ3v) is 9.76. The lowest BCUT2D eigenvalue weighted by molar-refractivity contribution is -0.123. The van der Waals surface area contributed by atoms with E-state index in [1.165, 1.54) is 0 Å². The highest BCUT2D eigenvalue weighted by Gasteiger charge is 2.87. The average molecular weight is 474 g/mol. The van der Waals surface area contributed by atoms with Crippen molar-refractivity contribution >= 4 is 87.1 Å². The van der Waals surface area contributed by atoms with Gasteiger partial charge in [-0.3, -0.25) is 9.59 Å². The Kier molecular flexibility index (Phi) is 4.03. The van der Waals surface area contributed by atoms with Crippen molar-refractivity contribution in [3.8, 4) is 0 Å². The number of aryl methyl sites for hydroxylation is 2. The maximum Gasteiger partial charge on any atom is 0.240 e. The van der Waals surface area contributed by atoms with Gasteiger partial charge in [0.1, 0.15) is 9.75 Å². The van der Waals surface area contributed by atoms with Crippen LogP contribution in [0, 0.1) is 25.7 Å². The topological polar surface area (TPSA) is 37.4 Å². The number of halogens is 6. The van der Waals surface area contributed by atoms with Crippen LogP contribution in [0.3, 0.4) is 0 Å². The number of carbonyl (C=O) groups excluding carboxylic acids is 2. The molecule has 0 radical (unpaired) electrons. The standard InChI is InChI=1S/C17H11Cl6NO2/c1-6-3-4-8(7(2)5-6)24-13(25)9-10(14(24)26)16(21)12(19)11(18)15(9,20)17(16,22)23/h3-5,9-10H,1-2H3/t9-,10-,15+,16+/m1/s1. The molecule has 26 heavy (non-hydrogen) atoms. The van der Waals surface area contributed by atoms with Crippen LogP contribution in [-0.4, -0.2) is 25.9 Å². The Morgan fingerprint density at radius 2 is 1.35 bits per heavy atom. The van der Waals surface area contributed by atoms with Crippen LogP contribution >= 0.6 is 69.6 Å². The van der Waals surface area contributed by atoms with Gasteiger partial charge in [0.05, 0.1) is 27.6 Å². The lowest BCUT2D eigenvalue weighted by atomic mass is 9.84. The first-order valence-corrected chi connectivity index (χ1v) is 9.96. The molecular weight excluding hydrogens is 463 g/mol. The van der Waals surface area contributed by atoms with Crippen molar-refractivity contribution in [2.24, 2.45) is 11.8 Å². The van der Waals surface area contributed by atoms with Gasteiger partial charge in [0.25, 0.3) is 0 Å². The number of hydrogen-bond donors (Lipinski definition) is 0. The SMILES string of the molecule is Cc1ccc(N2C(=O)[C@H]3[C@H](C2=O)[C@]2(Cl)C(Cl)=C(Cl)[C@]3(Cl)C2(Cl)Cl)c(C)c1. The number of anilines is 1. The minimum atomic E-state index is -1.91. The van der Waals surface area contributed by atoms with E-state index in [0.29, 0.717) is 5.69 Å². The Balaban J connectivity index is 1.92. The molecule has 1 heterocycles. The Labute approximate surface area is 180 Å². The number of imide groups is 1. The largest absolute Gasteiger partial charge is 0.274 e. The second-order valence-corrected chi connectivity index (χ2v) is 10.2. The van der Waals surface area contributed by atoms with Crippen molar-refractivity contribution in [2.75, 3.05) is 4.90 Å². The lowest BCUT2D eigenvalue weighted by Crippen LogP contribution is -2.50. The molecule has 2 bridgehead atoms. The molecule has 2 amide bonds. The summed E-state index contributed by atoms with van der Waals surface area (Å²) in [7, 11) is 0. The van der Waals surface area contributed by atoms with Crippen LogP contribution in [0.2, 0.25) is 0 Å². The van der Waals surface area contributed by atoms with Gasteiger partial charge in [0.2, 0.25) is 11.8 Å². The quantitative estimate of drug-likeness (QED) is 0.412.